The van der Waals surface area contributed by atoms with Crippen molar-refractivity contribution in [2.24, 2.45) is 0 Å². The van der Waals surface area contributed by atoms with E-state index in [-0.39, 0.29) is 10.8 Å². The Morgan fingerprint density at radius 2 is 1.81 bits per heavy atom. The lowest BCUT2D eigenvalue weighted by molar-refractivity contribution is -0.124. The van der Waals surface area contributed by atoms with Crippen LogP contribution in [0.4, 0.5) is 0 Å². The van der Waals surface area contributed by atoms with E-state index in [1.165, 1.54) is 9.87 Å². The van der Waals surface area contributed by atoms with Crippen molar-refractivity contribution < 1.29 is 13.2 Å². The van der Waals surface area contributed by atoms with Gasteiger partial charge in [0.25, 0.3) is 0 Å². The van der Waals surface area contributed by atoms with Crippen LogP contribution >= 0.6 is 0 Å². The first-order valence-corrected chi connectivity index (χ1v) is 10.8. The number of hydrogen-bond donors (Lipinski definition) is 1. The zero-order chi connectivity index (χ0) is 19.3. The standard InChI is InChI=1S/C21H26N2O3S/c1-17-11-13-19(14-12-17)27(25,26)23-16-6-10-20(23)21(24)22-15-5-9-18-7-3-2-4-8-18/h2-4,7-8,11-14,20H,5-6,9-10,15-16H2,1H3,(H,22,24)/t20-/m0/s1. The predicted octanol–water partition coefficient (Wildman–Crippen LogP) is 2.90. The topological polar surface area (TPSA) is 66.5 Å². The van der Waals surface area contributed by atoms with Gasteiger partial charge in [-0.05, 0) is 50.3 Å². The van der Waals surface area contributed by atoms with E-state index in [0.717, 1.165) is 18.4 Å². The Balaban J connectivity index is 1.58. The van der Waals surface area contributed by atoms with E-state index in [0.29, 0.717) is 25.9 Å². The third-order valence-corrected chi connectivity index (χ3v) is 6.84. The van der Waals surface area contributed by atoms with Gasteiger partial charge in [0, 0.05) is 13.1 Å². The van der Waals surface area contributed by atoms with Gasteiger partial charge in [-0.2, -0.15) is 4.31 Å². The van der Waals surface area contributed by atoms with E-state index in [1.807, 2.05) is 25.1 Å². The third-order valence-electron chi connectivity index (χ3n) is 4.92. The molecule has 1 heterocycles. The molecule has 27 heavy (non-hydrogen) atoms. The number of amides is 1. The smallest absolute Gasteiger partial charge is 0.243 e. The van der Waals surface area contributed by atoms with Gasteiger partial charge in [-0.1, -0.05) is 48.0 Å². The van der Waals surface area contributed by atoms with E-state index >= 15 is 0 Å². The normalized spacial score (nSPS) is 17.7. The van der Waals surface area contributed by atoms with Gasteiger partial charge in [0.15, 0.2) is 0 Å². The molecule has 0 radical (unpaired) electrons. The number of benzene rings is 2. The minimum Gasteiger partial charge on any atom is -0.355 e. The first-order valence-electron chi connectivity index (χ1n) is 9.38. The molecule has 1 aliphatic heterocycles. The molecule has 1 amide bonds. The molecule has 0 aromatic heterocycles. The van der Waals surface area contributed by atoms with Crippen molar-refractivity contribution in [3.8, 4) is 0 Å². The largest absolute Gasteiger partial charge is 0.355 e. The lowest BCUT2D eigenvalue weighted by Crippen LogP contribution is -2.46. The predicted molar refractivity (Wildman–Crippen MR) is 106 cm³/mol. The number of nitrogens with one attached hydrogen (secondary N) is 1. The first kappa shape index (κ1) is 19.6. The maximum Gasteiger partial charge on any atom is 0.243 e. The molecule has 5 nitrogen and oxygen atoms in total. The molecular formula is C21H26N2O3S. The molecule has 3 rings (SSSR count). The van der Waals surface area contributed by atoms with Gasteiger partial charge in [0.2, 0.25) is 15.9 Å². The summed E-state index contributed by atoms with van der Waals surface area (Å²) in [5.41, 5.74) is 2.24. The number of carbonyl (C=O) groups is 1. The summed E-state index contributed by atoms with van der Waals surface area (Å²) >= 11 is 0. The monoisotopic (exact) mass is 386 g/mol. The Morgan fingerprint density at radius 1 is 1.11 bits per heavy atom. The molecule has 1 saturated heterocycles. The molecule has 0 spiro atoms. The summed E-state index contributed by atoms with van der Waals surface area (Å²) in [4.78, 5) is 12.8. The van der Waals surface area contributed by atoms with Crippen molar-refractivity contribution in [2.45, 2.75) is 43.5 Å². The van der Waals surface area contributed by atoms with Crippen LogP contribution in [-0.2, 0) is 21.2 Å². The summed E-state index contributed by atoms with van der Waals surface area (Å²) in [7, 11) is -3.65. The quantitative estimate of drug-likeness (QED) is 0.744. The molecule has 1 aliphatic rings. The minimum atomic E-state index is -3.65. The Morgan fingerprint density at radius 3 is 2.52 bits per heavy atom. The molecule has 0 saturated carbocycles. The molecule has 6 heteroatoms. The van der Waals surface area contributed by atoms with Crippen molar-refractivity contribution in [3.63, 3.8) is 0 Å². The molecule has 1 fully saturated rings. The summed E-state index contributed by atoms with van der Waals surface area (Å²) in [6, 6.07) is 16.3. The van der Waals surface area contributed by atoms with Crippen LogP contribution in [0.25, 0.3) is 0 Å². The number of sulfonamides is 1. The molecule has 2 aromatic rings. The third kappa shape index (κ3) is 4.76. The van der Waals surface area contributed by atoms with Gasteiger partial charge in [0.1, 0.15) is 6.04 Å². The molecule has 0 unspecified atom stereocenters. The van der Waals surface area contributed by atoms with Crippen LogP contribution in [0.15, 0.2) is 59.5 Å². The van der Waals surface area contributed by atoms with Gasteiger partial charge in [0.05, 0.1) is 4.90 Å². The Bertz CT molecular complexity index is 864. The molecular weight excluding hydrogens is 360 g/mol. The molecule has 1 atom stereocenters. The number of nitrogens with zero attached hydrogens (tertiary/aromatic N) is 1. The van der Waals surface area contributed by atoms with Gasteiger partial charge < -0.3 is 5.32 Å². The summed E-state index contributed by atoms with van der Waals surface area (Å²) < 4.78 is 27.2. The highest BCUT2D eigenvalue weighted by molar-refractivity contribution is 7.89. The van der Waals surface area contributed by atoms with Crippen LogP contribution in [0.1, 0.15) is 30.4 Å². The number of rotatable bonds is 7. The Hall–Kier alpha value is -2.18. The molecule has 144 valence electrons. The maximum atomic E-state index is 12.9. The minimum absolute atomic E-state index is 0.198. The highest BCUT2D eigenvalue weighted by Crippen LogP contribution is 2.26. The SMILES string of the molecule is Cc1ccc(S(=O)(=O)N2CCC[C@H]2C(=O)NCCCc2ccccc2)cc1. The van der Waals surface area contributed by atoms with Gasteiger partial charge >= 0.3 is 0 Å². The van der Waals surface area contributed by atoms with Gasteiger partial charge in [-0.25, -0.2) is 8.42 Å². The van der Waals surface area contributed by atoms with E-state index in [2.05, 4.69) is 17.4 Å². The molecule has 0 aliphatic carbocycles. The van der Waals surface area contributed by atoms with Crippen molar-refractivity contribution in [1.82, 2.24) is 9.62 Å². The highest BCUT2D eigenvalue weighted by Gasteiger charge is 2.39. The first-order chi connectivity index (χ1) is 13.0. The molecule has 1 N–H and O–H groups in total. The average Bonchev–Trinajstić information content (AvgIpc) is 3.17. The Kier molecular flexibility index (Phi) is 6.29. The summed E-state index contributed by atoms with van der Waals surface area (Å²) in [5, 5.41) is 2.91. The fraction of sp³-hybridized carbons (Fsp3) is 0.381. The summed E-state index contributed by atoms with van der Waals surface area (Å²) in [6.45, 7) is 2.85. The van der Waals surface area contributed by atoms with E-state index in [4.69, 9.17) is 0 Å². The number of aryl methyl sites for hydroxylation is 2. The van der Waals surface area contributed by atoms with Crippen molar-refractivity contribution in [3.05, 3.63) is 65.7 Å². The van der Waals surface area contributed by atoms with Crippen molar-refractivity contribution >= 4 is 15.9 Å². The van der Waals surface area contributed by atoms with Crippen LogP contribution in [0.2, 0.25) is 0 Å². The molecule has 2 aromatic carbocycles. The van der Waals surface area contributed by atoms with Crippen molar-refractivity contribution in [2.75, 3.05) is 13.1 Å². The number of carbonyl (C=O) groups excluding carboxylic acids is 1. The lowest BCUT2D eigenvalue weighted by atomic mass is 10.1. The zero-order valence-corrected chi connectivity index (χ0v) is 16.4. The summed E-state index contributed by atoms with van der Waals surface area (Å²) in [5.74, 6) is -0.198. The van der Waals surface area contributed by atoms with Gasteiger partial charge in [-0.15, -0.1) is 0 Å². The van der Waals surface area contributed by atoms with Crippen LogP contribution in [0, 0.1) is 6.92 Å². The van der Waals surface area contributed by atoms with E-state index in [9.17, 15) is 13.2 Å². The van der Waals surface area contributed by atoms with Crippen LogP contribution < -0.4 is 5.32 Å². The van der Waals surface area contributed by atoms with E-state index in [1.54, 1.807) is 24.3 Å². The maximum absolute atomic E-state index is 12.9. The second kappa shape index (κ2) is 8.67. The summed E-state index contributed by atoms with van der Waals surface area (Å²) in [6.07, 6.45) is 2.98. The number of hydrogen-bond acceptors (Lipinski definition) is 3. The highest BCUT2D eigenvalue weighted by atomic mass is 32.2. The Labute approximate surface area is 161 Å². The fourth-order valence-electron chi connectivity index (χ4n) is 3.40. The fourth-order valence-corrected chi connectivity index (χ4v) is 5.06. The van der Waals surface area contributed by atoms with Crippen LogP contribution in [0.5, 0.6) is 0 Å². The van der Waals surface area contributed by atoms with Crippen LogP contribution in [-0.4, -0.2) is 37.8 Å². The lowest BCUT2D eigenvalue weighted by Gasteiger charge is -2.23. The average molecular weight is 387 g/mol. The van der Waals surface area contributed by atoms with Crippen molar-refractivity contribution in [1.29, 1.82) is 0 Å². The second-order valence-corrected chi connectivity index (χ2v) is 8.86. The van der Waals surface area contributed by atoms with Gasteiger partial charge in [-0.3, -0.25) is 4.79 Å². The van der Waals surface area contributed by atoms with E-state index < -0.39 is 16.1 Å². The molecule has 0 bridgehead atoms. The van der Waals surface area contributed by atoms with Crippen LogP contribution in [0.3, 0.4) is 0 Å². The zero-order valence-electron chi connectivity index (χ0n) is 15.6. The second-order valence-electron chi connectivity index (χ2n) is 6.97.